The Morgan fingerprint density at radius 3 is 0.817 bits per heavy atom. The smallest absolute Gasteiger partial charge is 0.139 e. The fourth-order valence-electron chi connectivity index (χ4n) is 9.85. The fourth-order valence-corrected chi connectivity index (χ4v) is 15.0. The minimum Gasteiger partial charge on any atom is -0.455 e. The molecule has 3 heteroatoms. The molecule has 71 heavy (non-hydrogen) atoms. The van der Waals surface area contributed by atoms with Crippen molar-refractivity contribution >= 4 is 47.7 Å². The summed E-state index contributed by atoms with van der Waals surface area (Å²) in [5.41, 5.74) is 12.8. The first-order valence-electron chi connectivity index (χ1n) is 26.4. The summed E-state index contributed by atoms with van der Waals surface area (Å²) in [6.45, 7) is 56.8. The molecule has 1 nitrogen and oxygen atoms in total. The van der Waals surface area contributed by atoms with Crippen molar-refractivity contribution in [1.29, 1.82) is 0 Å². The lowest BCUT2D eigenvalue weighted by Crippen LogP contribution is -2.34. The SMILES string of the molecule is Cc1cc(P(c2cc(C(C)(C)C)cc(C(C)(C)C)c2)c2cccc3c2Oc2c(P(c4cc(C(C)(C)C)cc(C(C)(C)C)c4)c4cc(C(C)(C)C)cc(C(C)(C)C)c4)cccc2C3(C)C)cc(C(C)(C)C)c1. The van der Waals surface area contributed by atoms with E-state index in [1.165, 1.54) is 87.5 Å². The maximum atomic E-state index is 7.97. The number of para-hydroxylation sites is 2. The molecule has 7 rings (SSSR count). The largest absolute Gasteiger partial charge is 0.455 e. The Morgan fingerprint density at radius 1 is 0.324 bits per heavy atom. The van der Waals surface area contributed by atoms with Gasteiger partial charge in [0.25, 0.3) is 0 Å². The summed E-state index contributed by atoms with van der Waals surface area (Å²) in [5.74, 6) is 2.04. The van der Waals surface area contributed by atoms with Crippen LogP contribution in [0.4, 0.5) is 0 Å². The van der Waals surface area contributed by atoms with E-state index in [1.807, 2.05) is 0 Å². The molecule has 0 aliphatic carbocycles. The Labute approximate surface area is 436 Å². The van der Waals surface area contributed by atoms with Gasteiger partial charge in [0.15, 0.2) is 0 Å². The number of benzene rings is 6. The molecular formula is C68H90OP2. The van der Waals surface area contributed by atoms with Crippen LogP contribution in [-0.2, 0) is 43.3 Å². The second-order valence-electron chi connectivity index (χ2n) is 28.8. The molecule has 0 N–H and O–H groups in total. The summed E-state index contributed by atoms with van der Waals surface area (Å²) in [6, 6.07) is 44.2. The van der Waals surface area contributed by atoms with Gasteiger partial charge in [-0.15, -0.1) is 0 Å². The predicted octanol–water partition coefficient (Wildman–Crippen LogP) is 17.0. The average Bonchev–Trinajstić information content (AvgIpc) is 3.22. The molecule has 6 aromatic rings. The van der Waals surface area contributed by atoms with E-state index in [4.69, 9.17) is 4.74 Å². The van der Waals surface area contributed by atoms with Gasteiger partial charge < -0.3 is 4.74 Å². The zero-order valence-electron chi connectivity index (χ0n) is 48.7. The Hall–Kier alpha value is -4.02. The summed E-state index contributed by atoms with van der Waals surface area (Å²) < 4.78 is 7.97. The zero-order valence-corrected chi connectivity index (χ0v) is 50.5. The van der Waals surface area contributed by atoms with Crippen molar-refractivity contribution in [3.05, 3.63) is 165 Å². The van der Waals surface area contributed by atoms with Crippen LogP contribution in [0.5, 0.6) is 11.5 Å². The third-order valence-electron chi connectivity index (χ3n) is 14.9. The van der Waals surface area contributed by atoms with E-state index in [9.17, 15) is 0 Å². The molecule has 0 saturated heterocycles. The van der Waals surface area contributed by atoms with Gasteiger partial charge in [0, 0.05) is 27.2 Å². The number of fused-ring (bicyclic) bond motifs is 2. The van der Waals surface area contributed by atoms with Gasteiger partial charge in [0.05, 0.1) is 0 Å². The van der Waals surface area contributed by atoms with Crippen LogP contribution in [0, 0.1) is 6.92 Å². The van der Waals surface area contributed by atoms with E-state index in [-0.39, 0.29) is 43.3 Å². The molecule has 1 atom stereocenters. The lowest BCUT2D eigenvalue weighted by molar-refractivity contribution is 0.425. The van der Waals surface area contributed by atoms with Crippen LogP contribution >= 0.6 is 15.8 Å². The van der Waals surface area contributed by atoms with E-state index in [0.717, 1.165) is 11.5 Å². The molecule has 0 saturated carbocycles. The quantitative estimate of drug-likeness (QED) is 0.151. The van der Waals surface area contributed by atoms with Crippen molar-refractivity contribution in [3.8, 4) is 11.5 Å². The summed E-state index contributed by atoms with van der Waals surface area (Å²) in [6.07, 6.45) is 0. The molecule has 0 radical (unpaired) electrons. The Kier molecular flexibility index (Phi) is 14.2. The summed E-state index contributed by atoms with van der Waals surface area (Å²) >= 11 is 0. The molecular weight excluding hydrogens is 895 g/mol. The molecule has 0 aromatic heterocycles. The lowest BCUT2D eigenvalue weighted by atomic mass is 9.76. The van der Waals surface area contributed by atoms with E-state index in [0.29, 0.717) is 0 Å². The molecule has 1 aliphatic rings. The number of hydrogen-bond donors (Lipinski definition) is 0. The number of rotatable bonds is 6. The first-order chi connectivity index (χ1) is 32.3. The highest BCUT2D eigenvalue weighted by atomic mass is 31.1. The van der Waals surface area contributed by atoms with Crippen molar-refractivity contribution in [2.24, 2.45) is 0 Å². The molecule has 6 aromatic carbocycles. The maximum Gasteiger partial charge on any atom is 0.139 e. The van der Waals surface area contributed by atoms with Crippen LogP contribution in [0.3, 0.4) is 0 Å². The van der Waals surface area contributed by atoms with E-state index < -0.39 is 15.8 Å². The average molecular weight is 985 g/mol. The molecule has 0 fully saturated rings. The fraction of sp³-hybridized carbons (Fsp3) is 0.471. The van der Waals surface area contributed by atoms with Crippen LogP contribution in [0.1, 0.15) is 215 Å². The maximum absolute atomic E-state index is 7.97. The Morgan fingerprint density at radius 2 is 0.563 bits per heavy atom. The van der Waals surface area contributed by atoms with Gasteiger partial charge in [-0.05, 0) is 121 Å². The van der Waals surface area contributed by atoms with Gasteiger partial charge >= 0.3 is 0 Å². The standard InChI is InChI=1S/C68H90OP2/c1-43-31-44(61(2,3)4)36-51(32-43)70(52-37-45(62(5,6)7)33-46(38-52)63(8,9)10)57-29-25-27-55-59(57)69-60-56(68(55,23)24)28-26-30-58(60)71(53-39-47(64(11,12)13)34-48(40-53)65(14,15)16)54-41-49(66(17,18)19)35-50(42-54)67(20,21)22/h25-42H,1-24H3. The molecule has 0 spiro atoms. The zero-order chi connectivity index (χ0) is 53.0. The lowest BCUT2D eigenvalue weighted by Gasteiger charge is -2.39. The van der Waals surface area contributed by atoms with Crippen molar-refractivity contribution in [2.75, 3.05) is 0 Å². The van der Waals surface area contributed by atoms with Crippen LogP contribution in [-0.4, -0.2) is 0 Å². The second kappa shape index (κ2) is 18.4. The monoisotopic (exact) mass is 985 g/mol. The molecule has 1 unspecified atom stereocenters. The first-order valence-corrected chi connectivity index (χ1v) is 29.1. The molecule has 378 valence electrons. The van der Waals surface area contributed by atoms with Crippen LogP contribution < -0.4 is 36.6 Å². The van der Waals surface area contributed by atoms with Crippen molar-refractivity contribution < 1.29 is 4.74 Å². The molecule has 1 aliphatic heterocycles. The Bertz CT molecular complexity index is 2790. The highest BCUT2D eigenvalue weighted by Gasteiger charge is 2.41. The predicted molar refractivity (Wildman–Crippen MR) is 318 cm³/mol. The summed E-state index contributed by atoms with van der Waals surface area (Å²) in [5, 5.41) is 8.06. The van der Waals surface area contributed by atoms with Crippen molar-refractivity contribution in [2.45, 2.75) is 209 Å². The van der Waals surface area contributed by atoms with Crippen LogP contribution in [0.25, 0.3) is 0 Å². The van der Waals surface area contributed by atoms with Gasteiger partial charge in [0.2, 0.25) is 0 Å². The summed E-state index contributed by atoms with van der Waals surface area (Å²) in [4.78, 5) is 0. The van der Waals surface area contributed by atoms with Gasteiger partial charge in [-0.3, -0.25) is 0 Å². The highest BCUT2D eigenvalue weighted by molar-refractivity contribution is 7.80. The number of hydrogen-bond acceptors (Lipinski definition) is 1. The summed E-state index contributed by atoms with van der Waals surface area (Å²) in [7, 11) is -2.23. The van der Waals surface area contributed by atoms with E-state index >= 15 is 0 Å². The van der Waals surface area contributed by atoms with Gasteiger partial charge in [0.1, 0.15) is 11.5 Å². The van der Waals surface area contributed by atoms with Gasteiger partial charge in [-0.2, -0.15) is 0 Å². The van der Waals surface area contributed by atoms with E-state index in [1.54, 1.807) is 0 Å². The normalized spacial score (nSPS) is 15.1. The minimum atomic E-state index is -1.13. The van der Waals surface area contributed by atoms with Crippen molar-refractivity contribution in [1.82, 2.24) is 0 Å². The van der Waals surface area contributed by atoms with Crippen molar-refractivity contribution in [3.63, 3.8) is 0 Å². The third kappa shape index (κ3) is 11.4. The van der Waals surface area contributed by atoms with Crippen LogP contribution in [0.15, 0.2) is 109 Å². The molecule has 0 bridgehead atoms. The van der Waals surface area contributed by atoms with Crippen LogP contribution in [0.2, 0.25) is 0 Å². The van der Waals surface area contributed by atoms with Gasteiger partial charge in [-0.1, -0.05) is 274 Å². The van der Waals surface area contributed by atoms with Gasteiger partial charge in [-0.25, -0.2) is 0 Å². The highest BCUT2D eigenvalue weighted by Crippen LogP contribution is 2.53. The number of ether oxygens (including phenoxy) is 1. The molecule has 0 amide bonds. The Balaban J connectivity index is 1.60. The third-order valence-corrected chi connectivity index (χ3v) is 19.7. The first kappa shape index (κ1) is 54.7. The molecule has 1 heterocycles. The van der Waals surface area contributed by atoms with E-state index in [2.05, 4.69) is 275 Å². The second-order valence-corrected chi connectivity index (χ2v) is 33.2. The minimum absolute atomic E-state index is 0.0144. The number of aryl methyl sites for hydroxylation is 1. The topological polar surface area (TPSA) is 9.23 Å².